The summed E-state index contributed by atoms with van der Waals surface area (Å²) in [5.74, 6) is -3.77. The largest absolute Gasteiger partial charge is 0.464 e. The van der Waals surface area contributed by atoms with Gasteiger partial charge in [-0.15, -0.1) is 12.4 Å². The van der Waals surface area contributed by atoms with Gasteiger partial charge in [0.25, 0.3) is 11.8 Å². The monoisotopic (exact) mass is 497 g/mol. The number of nitrogens with one attached hydrogen (secondary N) is 2. The Morgan fingerprint density at radius 2 is 1.86 bits per heavy atom. The molecule has 1 saturated heterocycles. The van der Waals surface area contributed by atoms with Gasteiger partial charge in [0.2, 0.25) is 0 Å². The Hall–Kier alpha value is -3.49. The van der Waals surface area contributed by atoms with E-state index in [9.17, 15) is 14.0 Å². The van der Waals surface area contributed by atoms with E-state index in [2.05, 4.69) is 22.1 Å². The molecule has 0 spiro atoms. The number of rotatable bonds is 3. The van der Waals surface area contributed by atoms with Crippen molar-refractivity contribution in [2.45, 2.75) is 31.8 Å². The third kappa shape index (κ3) is 3.56. The molecule has 4 heterocycles. The Labute approximate surface area is 205 Å². The lowest BCUT2D eigenvalue weighted by Gasteiger charge is -2.29. The maximum absolute atomic E-state index is 15.1. The molecule has 2 aliphatic heterocycles. The van der Waals surface area contributed by atoms with Crippen molar-refractivity contribution < 1.29 is 22.8 Å². The molecule has 2 aliphatic rings. The summed E-state index contributed by atoms with van der Waals surface area (Å²) in [5, 5.41) is 6.78. The van der Waals surface area contributed by atoms with Gasteiger partial charge in [-0.05, 0) is 44.5 Å². The first-order chi connectivity index (χ1) is 16.4. The van der Waals surface area contributed by atoms with Crippen molar-refractivity contribution in [3.8, 4) is 0 Å². The summed E-state index contributed by atoms with van der Waals surface area (Å²) < 4.78 is 37.1. The number of furan rings is 1. The van der Waals surface area contributed by atoms with Gasteiger partial charge in [-0.3, -0.25) is 14.9 Å². The maximum Gasteiger partial charge on any atom is 0.259 e. The van der Waals surface area contributed by atoms with Crippen molar-refractivity contribution in [2.75, 3.05) is 6.54 Å². The fourth-order valence-corrected chi connectivity index (χ4v) is 5.29. The van der Waals surface area contributed by atoms with Crippen LogP contribution in [0.2, 0.25) is 0 Å². The molecule has 0 saturated carbocycles. The highest BCUT2D eigenvalue weighted by atomic mass is 35.5. The smallest absolute Gasteiger partial charge is 0.259 e. The van der Waals surface area contributed by atoms with Crippen LogP contribution >= 0.6 is 12.4 Å². The topological polar surface area (TPSA) is 76.3 Å². The molecule has 2 atom stereocenters. The maximum atomic E-state index is 15.1. The van der Waals surface area contributed by atoms with E-state index in [-0.39, 0.29) is 40.7 Å². The Kier molecular flexibility index (Phi) is 5.73. The average molecular weight is 498 g/mol. The minimum absolute atomic E-state index is 0. The van der Waals surface area contributed by atoms with Crippen molar-refractivity contribution in [3.05, 3.63) is 71.6 Å². The van der Waals surface area contributed by atoms with E-state index in [1.165, 1.54) is 12.3 Å². The van der Waals surface area contributed by atoms with E-state index in [1.807, 2.05) is 30.5 Å². The van der Waals surface area contributed by atoms with Crippen molar-refractivity contribution in [1.29, 1.82) is 0 Å². The molecule has 1 fully saturated rings. The molecule has 0 bridgehead atoms. The number of nitrogens with zero attached hydrogens (tertiary/aromatic N) is 1. The number of hydrogen-bond donors (Lipinski definition) is 2. The Balaban J connectivity index is 0.00000253. The van der Waals surface area contributed by atoms with E-state index in [0.717, 1.165) is 36.4 Å². The molecule has 2 unspecified atom stereocenters. The number of aromatic nitrogens is 1. The normalized spacial score (nSPS) is 20.5. The minimum Gasteiger partial charge on any atom is -0.464 e. The second-order valence-electron chi connectivity index (χ2n) is 8.92. The first-order valence-electron chi connectivity index (χ1n) is 11.2. The Morgan fingerprint density at radius 3 is 2.66 bits per heavy atom. The summed E-state index contributed by atoms with van der Waals surface area (Å²) >= 11 is 0. The zero-order chi connectivity index (χ0) is 23.6. The number of imide groups is 1. The highest BCUT2D eigenvalue weighted by Crippen LogP contribution is 2.41. The Morgan fingerprint density at radius 1 is 1.09 bits per heavy atom. The quantitative estimate of drug-likeness (QED) is 0.392. The minimum atomic E-state index is -1.23. The molecule has 0 aliphatic carbocycles. The summed E-state index contributed by atoms with van der Waals surface area (Å²) in [4.78, 5) is 26.0. The van der Waals surface area contributed by atoms with Gasteiger partial charge in [0, 0.05) is 40.1 Å². The number of halogens is 3. The van der Waals surface area contributed by atoms with Gasteiger partial charge in [0.05, 0.1) is 23.0 Å². The summed E-state index contributed by atoms with van der Waals surface area (Å²) in [5.41, 5.74) is 0.896. The fourth-order valence-electron chi connectivity index (χ4n) is 5.29. The number of carbonyl (C=O) groups is 2. The van der Waals surface area contributed by atoms with Gasteiger partial charge in [-0.2, -0.15) is 0 Å². The molecule has 2 aromatic heterocycles. The molecule has 2 aromatic carbocycles. The first-order valence-corrected chi connectivity index (χ1v) is 11.2. The molecule has 6 rings (SSSR count). The highest BCUT2D eigenvalue weighted by Gasteiger charge is 2.38. The van der Waals surface area contributed by atoms with E-state index >= 15 is 4.39 Å². The lowest BCUT2D eigenvalue weighted by Crippen LogP contribution is -2.36. The number of benzene rings is 2. The van der Waals surface area contributed by atoms with Gasteiger partial charge in [-0.1, -0.05) is 18.2 Å². The Bertz CT molecular complexity index is 1540. The van der Waals surface area contributed by atoms with Crippen molar-refractivity contribution in [1.82, 2.24) is 15.2 Å². The number of para-hydroxylation sites is 1. The zero-order valence-corrected chi connectivity index (χ0v) is 19.5. The predicted octanol–water partition coefficient (Wildman–Crippen LogP) is 4.97. The van der Waals surface area contributed by atoms with Crippen LogP contribution in [0, 0.1) is 11.6 Å². The molecule has 0 radical (unpaired) electrons. The van der Waals surface area contributed by atoms with Gasteiger partial charge in [0.1, 0.15) is 5.58 Å². The van der Waals surface area contributed by atoms with Crippen molar-refractivity contribution in [3.63, 3.8) is 0 Å². The second-order valence-corrected chi connectivity index (χ2v) is 8.92. The van der Waals surface area contributed by atoms with Crippen molar-refractivity contribution in [2.24, 2.45) is 0 Å². The van der Waals surface area contributed by atoms with Crippen LogP contribution in [-0.4, -0.2) is 29.0 Å². The van der Waals surface area contributed by atoms with Crippen LogP contribution in [0.25, 0.3) is 33.0 Å². The zero-order valence-electron chi connectivity index (χ0n) is 18.7. The van der Waals surface area contributed by atoms with Crippen LogP contribution in [0.4, 0.5) is 8.78 Å². The molecule has 180 valence electrons. The fraction of sp³-hybridized carbons (Fsp3) is 0.231. The number of fused-ring (bicyclic) bond motifs is 2. The standard InChI is InChI=1S/C26H21F2N3O3.ClH/c1-13-10-15(6-8-29-13)31-12-17(16-4-2-3-5-19(16)31)20-21(26(33)30-25(20)32)22-23(28)18(27)11-14-7-9-34-24(14)22;/h2-5,7,9,11-13,15,29H,6,8,10H2,1H3,(H,30,32,33);1H. The lowest BCUT2D eigenvalue weighted by molar-refractivity contribution is -0.122. The number of amides is 2. The molecular formula is C26H22ClF2N3O3. The van der Waals surface area contributed by atoms with E-state index in [1.54, 1.807) is 0 Å². The van der Waals surface area contributed by atoms with Crippen LogP contribution < -0.4 is 10.6 Å². The second kappa shape index (κ2) is 8.62. The highest BCUT2D eigenvalue weighted by molar-refractivity contribution is 6.50. The predicted molar refractivity (Wildman–Crippen MR) is 131 cm³/mol. The number of piperidine rings is 1. The molecule has 4 aromatic rings. The van der Waals surface area contributed by atoms with E-state index in [0.29, 0.717) is 17.0 Å². The van der Waals surface area contributed by atoms with Gasteiger partial charge in [0.15, 0.2) is 11.6 Å². The molecule has 6 nitrogen and oxygen atoms in total. The van der Waals surface area contributed by atoms with Gasteiger partial charge < -0.3 is 14.3 Å². The summed E-state index contributed by atoms with van der Waals surface area (Å²) in [7, 11) is 0. The van der Waals surface area contributed by atoms with Crippen LogP contribution in [0.5, 0.6) is 0 Å². The molecular weight excluding hydrogens is 476 g/mol. The molecule has 35 heavy (non-hydrogen) atoms. The van der Waals surface area contributed by atoms with Gasteiger partial charge in [-0.25, -0.2) is 8.78 Å². The first kappa shape index (κ1) is 23.3. The van der Waals surface area contributed by atoms with E-state index in [4.69, 9.17) is 4.42 Å². The van der Waals surface area contributed by atoms with Crippen LogP contribution in [0.15, 0.2) is 53.3 Å². The van der Waals surface area contributed by atoms with Crippen LogP contribution in [0.3, 0.4) is 0 Å². The van der Waals surface area contributed by atoms with Gasteiger partial charge >= 0.3 is 0 Å². The summed E-state index contributed by atoms with van der Waals surface area (Å²) in [6, 6.07) is 10.6. The molecule has 9 heteroatoms. The van der Waals surface area contributed by atoms with Crippen LogP contribution in [-0.2, 0) is 9.59 Å². The van der Waals surface area contributed by atoms with E-state index < -0.39 is 23.4 Å². The van der Waals surface area contributed by atoms with Crippen LogP contribution in [0.1, 0.15) is 36.9 Å². The SMILES string of the molecule is CC1CC(n2cc(C3=C(c4c(F)c(F)cc5ccoc45)C(=O)NC3=O)c3ccccc32)CCN1.Cl. The third-order valence-corrected chi connectivity index (χ3v) is 6.81. The molecule has 2 amide bonds. The number of hydrogen-bond acceptors (Lipinski definition) is 4. The third-order valence-electron chi connectivity index (χ3n) is 6.81. The lowest BCUT2D eigenvalue weighted by atomic mass is 9.94. The molecule has 2 N–H and O–H groups in total. The summed E-state index contributed by atoms with van der Waals surface area (Å²) in [6.07, 6.45) is 4.97. The number of carbonyl (C=O) groups excluding carboxylic acids is 2. The average Bonchev–Trinajstić information content (AvgIpc) is 3.50. The summed E-state index contributed by atoms with van der Waals surface area (Å²) in [6.45, 7) is 3.00. The van der Waals surface area contributed by atoms with Crippen molar-refractivity contribution >= 4 is 57.2 Å².